The smallest absolute Gasteiger partial charge is 0.178 e. The van der Waals surface area contributed by atoms with Gasteiger partial charge in [0, 0.05) is 5.41 Å². The summed E-state index contributed by atoms with van der Waals surface area (Å²) in [7, 11) is 0. The van der Waals surface area contributed by atoms with Crippen molar-refractivity contribution in [3.8, 4) is 0 Å². The first kappa shape index (κ1) is 24.2. The van der Waals surface area contributed by atoms with Crippen LogP contribution in [0.4, 0.5) is 0 Å². The van der Waals surface area contributed by atoms with Crippen molar-refractivity contribution < 1.29 is 15.0 Å². The summed E-state index contributed by atoms with van der Waals surface area (Å²) in [6, 6.07) is 0. The molecule has 180 valence electrons. The summed E-state index contributed by atoms with van der Waals surface area (Å²) < 4.78 is 0. The van der Waals surface area contributed by atoms with Gasteiger partial charge < -0.3 is 10.2 Å². The van der Waals surface area contributed by atoms with Crippen LogP contribution in [0.5, 0.6) is 0 Å². The molecule has 0 saturated heterocycles. The molecule has 0 amide bonds. The Kier molecular flexibility index (Phi) is 6.57. The number of hydrogen-bond acceptors (Lipinski definition) is 3. The lowest BCUT2D eigenvalue weighted by Gasteiger charge is -2.57. The fraction of sp³-hybridized carbons (Fsp3) is 0.828. The van der Waals surface area contributed by atoms with Crippen molar-refractivity contribution in [1.29, 1.82) is 0 Å². The van der Waals surface area contributed by atoms with Gasteiger partial charge in [-0.3, -0.25) is 4.79 Å². The average Bonchev–Trinajstić information content (AvgIpc) is 3.10. The average molecular weight is 443 g/mol. The first-order valence-electron chi connectivity index (χ1n) is 13.3. The standard InChI is InChI=1S/C29H46O3/c1-7-21(17(2)3)27(32)26(31)18(4)23-10-11-24-22-9-8-19-16-20(30)12-14-28(19,5)25(22)13-15-29(23,24)6/h12,14,16-18,21-27,31-32H,7-11,13,15H2,1-6H3/t18-,21-,22?,23?,24?,25?,26-,27-,28-,29+/m0/s1. The maximum Gasteiger partial charge on any atom is 0.178 e. The van der Waals surface area contributed by atoms with Gasteiger partial charge in [0.05, 0.1) is 12.2 Å². The highest BCUT2D eigenvalue weighted by molar-refractivity contribution is 6.01. The highest BCUT2D eigenvalue weighted by Crippen LogP contribution is 2.67. The molecular weight excluding hydrogens is 396 g/mol. The van der Waals surface area contributed by atoms with Crippen LogP contribution in [0.3, 0.4) is 0 Å². The van der Waals surface area contributed by atoms with Crippen LogP contribution in [-0.4, -0.2) is 28.2 Å². The maximum absolute atomic E-state index is 12.0. The summed E-state index contributed by atoms with van der Waals surface area (Å²) in [6.45, 7) is 13.5. The van der Waals surface area contributed by atoms with Gasteiger partial charge in [-0.05, 0) is 97.5 Å². The molecule has 3 saturated carbocycles. The molecule has 0 heterocycles. The van der Waals surface area contributed by atoms with Gasteiger partial charge in [0.2, 0.25) is 0 Å². The number of aliphatic hydroxyl groups excluding tert-OH is 2. The summed E-state index contributed by atoms with van der Waals surface area (Å²) >= 11 is 0. The molecule has 0 aliphatic heterocycles. The second-order valence-corrected chi connectivity index (χ2v) is 12.5. The Morgan fingerprint density at radius 3 is 2.41 bits per heavy atom. The predicted octanol–water partition coefficient (Wildman–Crippen LogP) is 5.95. The Hall–Kier alpha value is -0.930. The van der Waals surface area contributed by atoms with Crippen molar-refractivity contribution in [1.82, 2.24) is 0 Å². The van der Waals surface area contributed by atoms with Crippen LogP contribution in [0, 0.1) is 52.3 Å². The van der Waals surface area contributed by atoms with E-state index in [4.69, 9.17) is 0 Å². The topological polar surface area (TPSA) is 57.5 Å². The summed E-state index contributed by atoms with van der Waals surface area (Å²) in [5.74, 6) is 3.28. The van der Waals surface area contributed by atoms with Crippen LogP contribution in [0.1, 0.15) is 86.5 Å². The van der Waals surface area contributed by atoms with Crippen LogP contribution in [-0.2, 0) is 4.79 Å². The molecular formula is C29H46O3. The first-order chi connectivity index (χ1) is 15.0. The minimum Gasteiger partial charge on any atom is -0.390 e. The molecule has 3 heteroatoms. The summed E-state index contributed by atoms with van der Waals surface area (Å²) in [5.41, 5.74) is 1.64. The largest absolute Gasteiger partial charge is 0.390 e. The van der Waals surface area contributed by atoms with E-state index in [9.17, 15) is 15.0 Å². The molecule has 4 unspecified atom stereocenters. The lowest BCUT2D eigenvalue weighted by atomic mass is 9.47. The van der Waals surface area contributed by atoms with E-state index in [1.54, 1.807) is 6.08 Å². The Labute approximate surface area is 195 Å². The lowest BCUT2D eigenvalue weighted by molar-refractivity contribution is -0.111. The predicted molar refractivity (Wildman–Crippen MR) is 130 cm³/mol. The molecule has 4 aliphatic carbocycles. The second kappa shape index (κ2) is 8.69. The van der Waals surface area contributed by atoms with E-state index in [-0.39, 0.29) is 28.4 Å². The third-order valence-corrected chi connectivity index (χ3v) is 10.9. The van der Waals surface area contributed by atoms with Crippen LogP contribution in [0.2, 0.25) is 0 Å². The second-order valence-electron chi connectivity index (χ2n) is 12.5. The molecule has 4 aliphatic rings. The Bertz CT molecular complexity index is 781. The van der Waals surface area contributed by atoms with Crippen molar-refractivity contribution >= 4 is 5.78 Å². The molecule has 0 radical (unpaired) electrons. The van der Waals surface area contributed by atoms with Gasteiger partial charge >= 0.3 is 0 Å². The third kappa shape index (κ3) is 3.66. The van der Waals surface area contributed by atoms with Crippen LogP contribution in [0.25, 0.3) is 0 Å². The van der Waals surface area contributed by atoms with Gasteiger partial charge in [0.15, 0.2) is 5.78 Å². The zero-order valence-corrected chi connectivity index (χ0v) is 21.2. The molecule has 2 N–H and O–H groups in total. The number of ketones is 1. The van der Waals surface area contributed by atoms with Gasteiger partial charge in [0.25, 0.3) is 0 Å². The third-order valence-electron chi connectivity index (χ3n) is 10.9. The Morgan fingerprint density at radius 1 is 1.03 bits per heavy atom. The molecule has 0 aromatic carbocycles. The van der Waals surface area contributed by atoms with Crippen molar-refractivity contribution in [3.63, 3.8) is 0 Å². The van der Waals surface area contributed by atoms with Gasteiger partial charge in [-0.25, -0.2) is 0 Å². The molecule has 32 heavy (non-hydrogen) atoms. The number of carbonyl (C=O) groups is 1. The lowest BCUT2D eigenvalue weighted by Crippen LogP contribution is -2.51. The minimum absolute atomic E-state index is 0.0448. The van der Waals surface area contributed by atoms with Crippen LogP contribution < -0.4 is 0 Å². The summed E-state index contributed by atoms with van der Waals surface area (Å²) in [6.07, 6.45) is 12.6. The number of rotatable bonds is 6. The molecule has 10 atom stereocenters. The normalized spacial score (nSPS) is 42.5. The van der Waals surface area contributed by atoms with Gasteiger partial charge in [-0.15, -0.1) is 0 Å². The zero-order valence-electron chi connectivity index (χ0n) is 21.2. The van der Waals surface area contributed by atoms with Gasteiger partial charge in [0.1, 0.15) is 0 Å². The van der Waals surface area contributed by atoms with E-state index >= 15 is 0 Å². The fourth-order valence-corrected chi connectivity index (χ4v) is 9.01. The highest BCUT2D eigenvalue weighted by Gasteiger charge is 2.59. The van der Waals surface area contributed by atoms with E-state index in [0.29, 0.717) is 29.6 Å². The highest BCUT2D eigenvalue weighted by atomic mass is 16.3. The number of carbonyl (C=O) groups excluding carboxylic acids is 1. The number of aliphatic hydroxyl groups is 2. The fourth-order valence-electron chi connectivity index (χ4n) is 9.01. The number of fused-ring (bicyclic) bond motifs is 5. The van der Waals surface area contributed by atoms with E-state index in [2.05, 4.69) is 47.6 Å². The molecule has 0 aromatic heterocycles. The molecule has 3 fully saturated rings. The Morgan fingerprint density at radius 2 is 1.75 bits per heavy atom. The van der Waals surface area contributed by atoms with Crippen molar-refractivity contribution in [2.45, 2.75) is 98.7 Å². The molecule has 0 aromatic rings. The van der Waals surface area contributed by atoms with E-state index in [1.807, 2.05) is 6.08 Å². The van der Waals surface area contributed by atoms with E-state index < -0.39 is 12.2 Å². The SMILES string of the molecule is CC[C@@H](C(C)C)[C@H](O)[C@@H](O)[C@@H](C)C1CCC2C3CCC4=CC(=O)C=C[C@]4(C)C3CC[C@@]21C. The minimum atomic E-state index is -0.647. The van der Waals surface area contributed by atoms with Crippen molar-refractivity contribution in [2.75, 3.05) is 0 Å². The van der Waals surface area contributed by atoms with Crippen molar-refractivity contribution in [3.05, 3.63) is 23.8 Å². The molecule has 0 bridgehead atoms. The number of hydrogen-bond donors (Lipinski definition) is 2. The van der Waals surface area contributed by atoms with Gasteiger partial charge in [-0.2, -0.15) is 0 Å². The monoisotopic (exact) mass is 442 g/mol. The first-order valence-corrected chi connectivity index (χ1v) is 13.3. The number of allylic oxidation sites excluding steroid dienone is 4. The molecule has 0 spiro atoms. The molecule has 3 nitrogen and oxygen atoms in total. The molecule has 4 rings (SSSR count). The van der Waals surface area contributed by atoms with E-state index in [0.717, 1.165) is 12.8 Å². The van der Waals surface area contributed by atoms with Crippen molar-refractivity contribution in [2.24, 2.45) is 52.3 Å². The zero-order chi connectivity index (χ0) is 23.4. The summed E-state index contributed by atoms with van der Waals surface area (Å²) in [4.78, 5) is 12.0. The maximum atomic E-state index is 12.0. The van der Waals surface area contributed by atoms with Crippen LogP contribution >= 0.6 is 0 Å². The quantitative estimate of drug-likeness (QED) is 0.534. The van der Waals surface area contributed by atoms with Gasteiger partial charge in [-0.1, -0.05) is 59.6 Å². The van der Waals surface area contributed by atoms with E-state index in [1.165, 1.54) is 37.7 Å². The van der Waals surface area contributed by atoms with Crippen LogP contribution in [0.15, 0.2) is 23.8 Å². The summed E-state index contributed by atoms with van der Waals surface area (Å²) in [5, 5.41) is 22.3. The Balaban J connectivity index is 1.54.